The van der Waals surface area contributed by atoms with Crippen LogP contribution in [-0.2, 0) is 0 Å². The van der Waals surface area contributed by atoms with Crippen molar-refractivity contribution in [1.82, 2.24) is 9.97 Å². The molecule has 3 aromatic rings. The average Bonchev–Trinajstić information content (AvgIpc) is 2.61. The first-order valence-corrected chi connectivity index (χ1v) is 7.54. The number of hydrogen-bond acceptors (Lipinski definition) is 5. The topological polar surface area (TPSA) is 93.3 Å². The van der Waals surface area contributed by atoms with Crippen molar-refractivity contribution < 1.29 is 14.3 Å². The van der Waals surface area contributed by atoms with Crippen LogP contribution in [0, 0.1) is 6.92 Å². The van der Waals surface area contributed by atoms with E-state index in [9.17, 15) is 9.59 Å². The van der Waals surface area contributed by atoms with Crippen molar-refractivity contribution in [2.24, 2.45) is 0 Å². The van der Waals surface area contributed by atoms with Crippen LogP contribution in [-0.4, -0.2) is 30.1 Å². The van der Waals surface area contributed by atoms with Gasteiger partial charge in [-0.1, -0.05) is 0 Å². The van der Waals surface area contributed by atoms with Crippen LogP contribution >= 0.6 is 0 Å². The maximum Gasteiger partial charge on any atom is 0.261 e. The van der Waals surface area contributed by atoms with Gasteiger partial charge in [0.15, 0.2) is 11.5 Å². The highest BCUT2D eigenvalue weighted by molar-refractivity contribution is 6.06. The van der Waals surface area contributed by atoms with Crippen molar-refractivity contribution in [1.29, 1.82) is 0 Å². The Balaban J connectivity index is 2.04. The average molecular weight is 339 g/mol. The summed E-state index contributed by atoms with van der Waals surface area (Å²) < 4.78 is 10.5. The van der Waals surface area contributed by atoms with E-state index in [0.29, 0.717) is 28.1 Å². The molecule has 128 valence electrons. The summed E-state index contributed by atoms with van der Waals surface area (Å²) in [4.78, 5) is 31.5. The molecule has 2 N–H and O–H groups in total. The van der Waals surface area contributed by atoms with E-state index in [1.165, 1.54) is 20.3 Å². The second-order valence-corrected chi connectivity index (χ2v) is 5.45. The lowest BCUT2D eigenvalue weighted by molar-refractivity contribution is 0.102. The fraction of sp³-hybridized carbons (Fsp3) is 0.167. The molecule has 1 aromatic carbocycles. The minimum Gasteiger partial charge on any atom is -0.493 e. The van der Waals surface area contributed by atoms with Gasteiger partial charge in [-0.05, 0) is 30.7 Å². The number of nitrogens with one attached hydrogen (secondary N) is 2. The number of methoxy groups -OCH3 is 2. The lowest BCUT2D eigenvalue weighted by Crippen LogP contribution is -2.23. The number of pyridine rings is 2. The molecule has 0 saturated heterocycles. The van der Waals surface area contributed by atoms with Crippen LogP contribution in [0.5, 0.6) is 11.5 Å². The number of anilines is 1. The van der Waals surface area contributed by atoms with Gasteiger partial charge < -0.3 is 19.8 Å². The molecule has 2 aromatic heterocycles. The molecule has 0 aliphatic heterocycles. The molecule has 2 heterocycles. The molecule has 0 fully saturated rings. The maximum absolute atomic E-state index is 12.5. The number of carbonyl (C=O) groups is 1. The molecule has 25 heavy (non-hydrogen) atoms. The maximum atomic E-state index is 12.5. The smallest absolute Gasteiger partial charge is 0.261 e. The number of benzene rings is 1. The second-order valence-electron chi connectivity index (χ2n) is 5.45. The highest BCUT2D eigenvalue weighted by Crippen LogP contribution is 2.31. The van der Waals surface area contributed by atoms with Crippen molar-refractivity contribution in [2.45, 2.75) is 6.92 Å². The Morgan fingerprint density at radius 2 is 1.88 bits per heavy atom. The SMILES string of the molecule is COc1cc2cc(C(=O)Nc3ccncc3C)c(=O)[nH]c2cc1OC. The number of ether oxygens (including phenoxy) is 2. The van der Waals surface area contributed by atoms with E-state index in [0.717, 1.165) is 5.56 Å². The van der Waals surface area contributed by atoms with Gasteiger partial charge in [-0.15, -0.1) is 0 Å². The number of H-pyrrole nitrogens is 1. The first-order valence-electron chi connectivity index (χ1n) is 7.54. The third-order valence-electron chi connectivity index (χ3n) is 3.86. The van der Waals surface area contributed by atoms with Crippen LogP contribution in [0.25, 0.3) is 10.9 Å². The summed E-state index contributed by atoms with van der Waals surface area (Å²) in [7, 11) is 3.04. The predicted octanol–water partition coefficient (Wildman–Crippen LogP) is 2.50. The van der Waals surface area contributed by atoms with E-state index in [4.69, 9.17) is 9.47 Å². The van der Waals surface area contributed by atoms with Crippen LogP contribution < -0.4 is 20.3 Å². The first-order chi connectivity index (χ1) is 12.0. The summed E-state index contributed by atoms with van der Waals surface area (Å²) >= 11 is 0. The van der Waals surface area contributed by atoms with Gasteiger partial charge in [0.2, 0.25) is 0 Å². The number of fused-ring (bicyclic) bond motifs is 1. The van der Waals surface area contributed by atoms with Crippen LogP contribution in [0.1, 0.15) is 15.9 Å². The number of rotatable bonds is 4. The third kappa shape index (κ3) is 3.16. The van der Waals surface area contributed by atoms with Gasteiger partial charge in [-0.3, -0.25) is 14.6 Å². The van der Waals surface area contributed by atoms with Crippen molar-refractivity contribution >= 4 is 22.5 Å². The third-order valence-corrected chi connectivity index (χ3v) is 3.86. The summed E-state index contributed by atoms with van der Waals surface area (Å²) in [6.07, 6.45) is 3.21. The molecule has 0 unspecified atom stereocenters. The fourth-order valence-corrected chi connectivity index (χ4v) is 2.51. The first kappa shape index (κ1) is 16.5. The molecule has 0 radical (unpaired) electrons. The predicted molar refractivity (Wildman–Crippen MR) is 94.6 cm³/mol. The summed E-state index contributed by atoms with van der Waals surface area (Å²) in [5, 5.41) is 3.39. The summed E-state index contributed by atoms with van der Waals surface area (Å²) in [6.45, 7) is 1.82. The molecular formula is C18H17N3O4. The Morgan fingerprint density at radius 3 is 2.56 bits per heavy atom. The van der Waals surface area contributed by atoms with Crippen molar-refractivity contribution in [3.05, 3.63) is 58.1 Å². The number of aromatic nitrogens is 2. The Labute approximate surface area is 143 Å². The molecule has 0 bridgehead atoms. The molecule has 3 rings (SSSR count). The number of aromatic amines is 1. The van der Waals surface area contributed by atoms with Crippen LogP contribution in [0.3, 0.4) is 0 Å². The summed E-state index contributed by atoms with van der Waals surface area (Å²) in [5.74, 6) is 0.515. The van der Waals surface area contributed by atoms with Crippen molar-refractivity contribution in [2.75, 3.05) is 19.5 Å². The highest BCUT2D eigenvalue weighted by atomic mass is 16.5. The quantitative estimate of drug-likeness (QED) is 0.762. The molecular weight excluding hydrogens is 322 g/mol. The van der Waals surface area contributed by atoms with E-state index in [2.05, 4.69) is 15.3 Å². The Morgan fingerprint density at radius 1 is 1.16 bits per heavy atom. The molecule has 0 spiro atoms. The number of amides is 1. The summed E-state index contributed by atoms with van der Waals surface area (Å²) in [6, 6.07) is 6.57. The fourth-order valence-electron chi connectivity index (χ4n) is 2.51. The monoisotopic (exact) mass is 339 g/mol. The van der Waals surface area contributed by atoms with Gasteiger partial charge in [0, 0.05) is 29.5 Å². The van der Waals surface area contributed by atoms with Gasteiger partial charge in [-0.2, -0.15) is 0 Å². The van der Waals surface area contributed by atoms with Gasteiger partial charge >= 0.3 is 0 Å². The van der Waals surface area contributed by atoms with Crippen LogP contribution in [0.15, 0.2) is 41.5 Å². The Hall–Kier alpha value is -3.35. The van der Waals surface area contributed by atoms with Crippen molar-refractivity contribution in [3.63, 3.8) is 0 Å². The Kier molecular flexibility index (Phi) is 4.38. The normalized spacial score (nSPS) is 10.5. The zero-order chi connectivity index (χ0) is 18.0. The number of nitrogens with zero attached hydrogens (tertiary/aromatic N) is 1. The molecule has 7 heteroatoms. The molecule has 0 atom stereocenters. The zero-order valence-corrected chi connectivity index (χ0v) is 14.0. The van der Waals surface area contributed by atoms with Gasteiger partial charge in [-0.25, -0.2) is 0 Å². The standard InChI is InChI=1S/C18H17N3O4/c1-10-9-19-5-4-13(10)20-17(22)12-6-11-7-15(24-2)16(25-3)8-14(11)21-18(12)23/h4-9H,1-3H3,(H,21,23)(H,19,20,22). The number of carbonyl (C=O) groups excluding carboxylic acids is 1. The van der Waals surface area contributed by atoms with Gasteiger partial charge in [0.05, 0.1) is 19.7 Å². The zero-order valence-electron chi connectivity index (χ0n) is 14.0. The molecule has 1 amide bonds. The molecule has 0 aliphatic carbocycles. The lowest BCUT2D eigenvalue weighted by Gasteiger charge is -2.11. The van der Waals surface area contributed by atoms with Gasteiger partial charge in [0.25, 0.3) is 11.5 Å². The molecule has 0 saturated carbocycles. The highest BCUT2D eigenvalue weighted by Gasteiger charge is 2.15. The second kappa shape index (κ2) is 6.64. The Bertz CT molecular complexity index is 1010. The van der Waals surface area contributed by atoms with Crippen LogP contribution in [0.2, 0.25) is 0 Å². The van der Waals surface area contributed by atoms with E-state index < -0.39 is 11.5 Å². The van der Waals surface area contributed by atoms with Crippen molar-refractivity contribution in [3.8, 4) is 11.5 Å². The summed E-state index contributed by atoms with van der Waals surface area (Å²) in [5.41, 5.74) is 1.49. The minimum absolute atomic E-state index is 0.0101. The minimum atomic E-state index is -0.493. The van der Waals surface area contributed by atoms with E-state index in [1.807, 2.05) is 6.92 Å². The van der Waals surface area contributed by atoms with Crippen LogP contribution in [0.4, 0.5) is 5.69 Å². The van der Waals surface area contributed by atoms with E-state index in [-0.39, 0.29) is 5.56 Å². The molecule has 0 aliphatic rings. The lowest BCUT2D eigenvalue weighted by atomic mass is 10.1. The van der Waals surface area contributed by atoms with Gasteiger partial charge in [0.1, 0.15) is 5.56 Å². The van der Waals surface area contributed by atoms with E-state index >= 15 is 0 Å². The number of hydrogen-bond donors (Lipinski definition) is 2. The number of aryl methyl sites for hydroxylation is 1. The molecule has 7 nitrogen and oxygen atoms in total. The largest absolute Gasteiger partial charge is 0.493 e. The van der Waals surface area contributed by atoms with E-state index in [1.54, 1.807) is 30.6 Å².